The van der Waals surface area contributed by atoms with Crippen LogP contribution < -0.4 is 9.47 Å². The first-order chi connectivity index (χ1) is 8.59. The van der Waals surface area contributed by atoms with Crippen molar-refractivity contribution >= 4 is 21.9 Å². The van der Waals surface area contributed by atoms with Gasteiger partial charge in [-0.1, -0.05) is 15.9 Å². The number of aliphatic carboxylic acids is 1. The van der Waals surface area contributed by atoms with Crippen molar-refractivity contribution in [2.24, 2.45) is 0 Å². The zero-order chi connectivity index (χ0) is 13.1. The lowest BCUT2D eigenvalue weighted by Crippen LogP contribution is -2.17. The highest BCUT2D eigenvalue weighted by atomic mass is 79.9. The van der Waals surface area contributed by atoms with Crippen molar-refractivity contribution < 1.29 is 19.4 Å². The number of halogens is 1. The van der Waals surface area contributed by atoms with Crippen LogP contribution in [0.1, 0.15) is 24.0 Å². The molecule has 0 radical (unpaired) electrons. The molecule has 0 amide bonds. The summed E-state index contributed by atoms with van der Waals surface area (Å²) < 4.78 is 12.2. The van der Waals surface area contributed by atoms with Crippen LogP contribution in [0.3, 0.4) is 0 Å². The zero-order valence-corrected chi connectivity index (χ0v) is 11.7. The van der Waals surface area contributed by atoms with Crippen LogP contribution in [0.5, 0.6) is 11.5 Å². The highest BCUT2D eigenvalue weighted by molar-refractivity contribution is 9.10. The smallest absolute Gasteiger partial charge is 0.303 e. The van der Waals surface area contributed by atoms with Gasteiger partial charge in [-0.3, -0.25) is 4.79 Å². The average Bonchev–Trinajstić information content (AvgIpc) is 2.33. The van der Waals surface area contributed by atoms with Crippen LogP contribution in [0.15, 0.2) is 10.5 Å². The van der Waals surface area contributed by atoms with Gasteiger partial charge in [-0.25, -0.2) is 0 Å². The van der Waals surface area contributed by atoms with E-state index in [1.165, 1.54) is 0 Å². The SMILES string of the molecule is Cc1c(Br)cc2c(c1CCCC(=O)O)OCCO2. The van der Waals surface area contributed by atoms with Gasteiger partial charge in [0.2, 0.25) is 0 Å². The largest absolute Gasteiger partial charge is 0.486 e. The Morgan fingerprint density at radius 3 is 2.89 bits per heavy atom. The Morgan fingerprint density at radius 1 is 1.44 bits per heavy atom. The first-order valence-corrected chi connectivity index (χ1v) is 6.68. The predicted molar refractivity (Wildman–Crippen MR) is 70.4 cm³/mol. The molecule has 4 nitrogen and oxygen atoms in total. The number of rotatable bonds is 4. The van der Waals surface area contributed by atoms with Gasteiger partial charge in [0.25, 0.3) is 0 Å². The van der Waals surface area contributed by atoms with Crippen LogP contribution in [0.25, 0.3) is 0 Å². The summed E-state index contributed by atoms with van der Waals surface area (Å²) in [5, 5.41) is 8.69. The van der Waals surface area contributed by atoms with Crippen molar-refractivity contribution in [2.45, 2.75) is 26.2 Å². The van der Waals surface area contributed by atoms with E-state index in [1.54, 1.807) is 0 Å². The minimum atomic E-state index is -0.770. The molecule has 0 saturated heterocycles. The Morgan fingerprint density at radius 2 is 2.17 bits per heavy atom. The first kappa shape index (κ1) is 13.2. The maximum Gasteiger partial charge on any atom is 0.303 e. The molecular formula is C13H15BrO4. The van der Waals surface area contributed by atoms with E-state index in [9.17, 15) is 4.79 Å². The van der Waals surface area contributed by atoms with E-state index in [4.69, 9.17) is 14.6 Å². The van der Waals surface area contributed by atoms with Gasteiger partial charge in [-0.05, 0) is 31.4 Å². The molecule has 18 heavy (non-hydrogen) atoms. The van der Waals surface area contributed by atoms with Gasteiger partial charge in [0.15, 0.2) is 11.5 Å². The summed E-state index contributed by atoms with van der Waals surface area (Å²) in [6.07, 6.45) is 1.45. The van der Waals surface area contributed by atoms with Gasteiger partial charge in [-0.15, -0.1) is 0 Å². The fraction of sp³-hybridized carbons (Fsp3) is 0.462. The van der Waals surface area contributed by atoms with Crippen molar-refractivity contribution in [2.75, 3.05) is 13.2 Å². The van der Waals surface area contributed by atoms with Gasteiger partial charge < -0.3 is 14.6 Å². The minimum absolute atomic E-state index is 0.168. The van der Waals surface area contributed by atoms with Crippen LogP contribution in [-0.2, 0) is 11.2 Å². The lowest BCUT2D eigenvalue weighted by molar-refractivity contribution is -0.137. The maximum absolute atomic E-state index is 10.6. The van der Waals surface area contributed by atoms with E-state index in [1.807, 2.05) is 13.0 Å². The molecule has 0 aromatic heterocycles. The Balaban J connectivity index is 2.26. The maximum atomic E-state index is 10.6. The van der Waals surface area contributed by atoms with E-state index in [-0.39, 0.29) is 6.42 Å². The topological polar surface area (TPSA) is 55.8 Å². The highest BCUT2D eigenvalue weighted by Gasteiger charge is 2.20. The Labute approximate surface area is 114 Å². The van der Waals surface area contributed by atoms with Crippen LogP contribution in [0.2, 0.25) is 0 Å². The summed E-state index contributed by atoms with van der Waals surface area (Å²) in [6, 6.07) is 1.91. The molecule has 1 aliphatic heterocycles. The summed E-state index contributed by atoms with van der Waals surface area (Å²) in [5.41, 5.74) is 2.13. The summed E-state index contributed by atoms with van der Waals surface area (Å²) in [7, 11) is 0. The fourth-order valence-electron chi connectivity index (χ4n) is 2.03. The lowest BCUT2D eigenvalue weighted by Gasteiger charge is -2.23. The zero-order valence-electron chi connectivity index (χ0n) is 10.2. The first-order valence-electron chi connectivity index (χ1n) is 5.89. The van der Waals surface area contributed by atoms with Crippen LogP contribution >= 0.6 is 15.9 Å². The second-order valence-corrected chi connectivity index (χ2v) is 5.09. The highest BCUT2D eigenvalue weighted by Crippen LogP contribution is 2.40. The third-order valence-corrected chi connectivity index (χ3v) is 3.79. The molecule has 0 bridgehead atoms. The van der Waals surface area contributed by atoms with Gasteiger partial charge in [0, 0.05) is 16.5 Å². The number of benzene rings is 1. The number of hydrogen-bond acceptors (Lipinski definition) is 3. The molecule has 0 spiro atoms. The molecule has 0 unspecified atom stereocenters. The summed E-state index contributed by atoms with van der Waals surface area (Å²) in [6.45, 7) is 3.09. The molecule has 0 atom stereocenters. The predicted octanol–water partition coefficient (Wildman–Crippen LogP) is 2.94. The van der Waals surface area contributed by atoms with Gasteiger partial charge in [0.05, 0.1) is 0 Å². The molecule has 1 heterocycles. The molecular weight excluding hydrogens is 300 g/mol. The van der Waals surface area contributed by atoms with Crippen molar-refractivity contribution in [3.8, 4) is 11.5 Å². The Bertz CT molecular complexity index is 471. The summed E-state index contributed by atoms with van der Waals surface area (Å²) in [4.78, 5) is 10.6. The van der Waals surface area contributed by atoms with Gasteiger partial charge in [-0.2, -0.15) is 0 Å². The van der Waals surface area contributed by atoms with E-state index in [2.05, 4.69) is 15.9 Å². The average molecular weight is 315 g/mol. The van der Waals surface area contributed by atoms with E-state index in [0.29, 0.717) is 26.1 Å². The molecule has 1 aromatic carbocycles. The molecule has 1 N–H and O–H groups in total. The molecule has 1 aromatic rings. The monoisotopic (exact) mass is 314 g/mol. The van der Waals surface area contributed by atoms with Crippen molar-refractivity contribution in [3.05, 3.63) is 21.7 Å². The molecule has 0 fully saturated rings. The number of ether oxygens (including phenoxy) is 2. The fourth-order valence-corrected chi connectivity index (χ4v) is 2.48. The molecule has 2 rings (SSSR count). The Kier molecular flexibility index (Phi) is 4.11. The van der Waals surface area contributed by atoms with Crippen molar-refractivity contribution in [3.63, 3.8) is 0 Å². The normalized spacial score (nSPS) is 13.4. The van der Waals surface area contributed by atoms with E-state index < -0.39 is 5.97 Å². The third-order valence-electron chi connectivity index (χ3n) is 2.97. The van der Waals surface area contributed by atoms with E-state index >= 15 is 0 Å². The number of carbonyl (C=O) groups is 1. The quantitative estimate of drug-likeness (QED) is 0.928. The molecule has 5 heteroatoms. The summed E-state index contributed by atoms with van der Waals surface area (Å²) >= 11 is 3.49. The number of fused-ring (bicyclic) bond motifs is 1. The van der Waals surface area contributed by atoms with Gasteiger partial charge >= 0.3 is 5.97 Å². The van der Waals surface area contributed by atoms with Crippen LogP contribution in [0, 0.1) is 6.92 Å². The Hall–Kier alpha value is -1.23. The van der Waals surface area contributed by atoms with Crippen LogP contribution in [-0.4, -0.2) is 24.3 Å². The standard InChI is InChI=1S/C13H15BrO4/c1-8-9(3-2-4-12(15)16)13-11(7-10(8)14)17-5-6-18-13/h7H,2-6H2,1H3,(H,15,16). The molecule has 0 aliphatic carbocycles. The van der Waals surface area contributed by atoms with Crippen LogP contribution in [0.4, 0.5) is 0 Å². The third kappa shape index (κ3) is 2.77. The van der Waals surface area contributed by atoms with Crippen molar-refractivity contribution in [1.29, 1.82) is 0 Å². The second-order valence-electron chi connectivity index (χ2n) is 4.23. The van der Waals surface area contributed by atoms with Gasteiger partial charge in [0.1, 0.15) is 13.2 Å². The molecule has 98 valence electrons. The second kappa shape index (κ2) is 5.61. The summed E-state index contributed by atoms with van der Waals surface area (Å²) in [5.74, 6) is 0.741. The van der Waals surface area contributed by atoms with E-state index in [0.717, 1.165) is 27.1 Å². The number of carboxylic acid groups (broad SMARTS) is 1. The minimum Gasteiger partial charge on any atom is -0.486 e. The number of carboxylic acids is 1. The molecule has 1 aliphatic rings. The lowest BCUT2D eigenvalue weighted by atomic mass is 10.0. The molecule has 0 saturated carbocycles. The number of hydrogen-bond donors (Lipinski definition) is 1. The van der Waals surface area contributed by atoms with Crippen molar-refractivity contribution in [1.82, 2.24) is 0 Å².